The van der Waals surface area contributed by atoms with Gasteiger partial charge in [-0.2, -0.15) is 15.5 Å². The van der Waals surface area contributed by atoms with Crippen molar-refractivity contribution in [1.29, 1.82) is 5.26 Å². The first-order valence-electron chi connectivity index (χ1n) is 7.35. The van der Waals surface area contributed by atoms with Crippen LogP contribution in [-0.4, -0.2) is 37.6 Å². The normalized spacial score (nSPS) is 14.8. The van der Waals surface area contributed by atoms with Crippen LogP contribution in [-0.2, 0) is 44.9 Å². The molecular weight excluding hydrogens is 280 g/mol. The van der Waals surface area contributed by atoms with Gasteiger partial charge in [-0.05, 0) is 0 Å². The number of hydrogen-bond donors (Lipinski definition) is 0. The molecule has 3 rings (SSSR count). The summed E-state index contributed by atoms with van der Waals surface area (Å²) < 4.78 is 9.11. The van der Waals surface area contributed by atoms with E-state index in [2.05, 4.69) is 21.3 Å². The Kier molecular flexibility index (Phi) is 4.22. The van der Waals surface area contributed by atoms with Gasteiger partial charge in [-0.25, -0.2) is 0 Å². The number of ether oxygens (including phenoxy) is 1. The van der Waals surface area contributed by atoms with E-state index < -0.39 is 0 Å². The first kappa shape index (κ1) is 14.8. The van der Waals surface area contributed by atoms with Crippen LogP contribution in [0, 0.1) is 11.3 Å². The molecule has 2 aromatic rings. The van der Waals surface area contributed by atoms with Gasteiger partial charge in [0.2, 0.25) is 0 Å². The van der Waals surface area contributed by atoms with Gasteiger partial charge < -0.3 is 4.74 Å². The number of aryl methyl sites for hydroxylation is 2. The molecule has 0 N–H and O–H groups in total. The largest absolute Gasteiger partial charge is 0.360 e. The van der Waals surface area contributed by atoms with E-state index in [0.29, 0.717) is 6.61 Å². The summed E-state index contributed by atoms with van der Waals surface area (Å²) in [7, 11) is 3.91. The zero-order valence-corrected chi connectivity index (χ0v) is 13.0. The minimum absolute atomic E-state index is 0.102. The summed E-state index contributed by atoms with van der Waals surface area (Å²) >= 11 is 0. The van der Waals surface area contributed by atoms with Gasteiger partial charge in [0.05, 0.1) is 24.6 Å². The van der Waals surface area contributed by atoms with Crippen molar-refractivity contribution in [3.05, 3.63) is 34.9 Å². The van der Waals surface area contributed by atoms with Crippen molar-refractivity contribution in [2.24, 2.45) is 14.1 Å². The maximum absolute atomic E-state index is 8.58. The van der Waals surface area contributed by atoms with Gasteiger partial charge in [-0.15, -0.1) is 0 Å². The molecule has 0 atom stereocenters. The van der Waals surface area contributed by atoms with Crippen molar-refractivity contribution < 1.29 is 4.74 Å². The maximum atomic E-state index is 8.58. The van der Waals surface area contributed by atoms with Gasteiger partial charge in [-0.3, -0.25) is 14.3 Å². The maximum Gasteiger partial charge on any atom is 0.134 e. The minimum Gasteiger partial charge on any atom is -0.360 e. The lowest BCUT2D eigenvalue weighted by Crippen LogP contribution is -2.30. The Hall–Kier alpha value is -2.17. The lowest BCUT2D eigenvalue weighted by Gasteiger charge is -2.27. The summed E-state index contributed by atoms with van der Waals surface area (Å²) in [6, 6.07) is 1.99. The van der Waals surface area contributed by atoms with Crippen LogP contribution >= 0.6 is 0 Å². The summed E-state index contributed by atoms with van der Waals surface area (Å²) in [5, 5.41) is 17.3. The molecule has 22 heavy (non-hydrogen) atoms. The Morgan fingerprint density at radius 2 is 2.27 bits per heavy atom. The number of aromatic nitrogens is 4. The third kappa shape index (κ3) is 3.03. The van der Waals surface area contributed by atoms with Gasteiger partial charge in [0.25, 0.3) is 0 Å². The van der Waals surface area contributed by atoms with Crippen molar-refractivity contribution in [3.63, 3.8) is 0 Å². The van der Waals surface area contributed by atoms with E-state index in [1.54, 1.807) is 0 Å². The fourth-order valence-electron chi connectivity index (χ4n) is 2.98. The summed E-state index contributed by atoms with van der Waals surface area (Å²) in [6.45, 7) is 3.27. The van der Waals surface area contributed by atoms with Crippen molar-refractivity contribution in [1.82, 2.24) is 24.5 Å². The summed E-state index contributed by atoms with van der Waals surface area (Å²) in [4.78, 5) is 2.40. The Morgan fingerprint density at radius 3 is 3.00 bits per heavy atom. The highest BCUT2D eigenvalue weighted by Crippen LogP contribution is 2.23. The van der Waals surface area contributed by atoms with Crippen molar-refractivity contribution in [2.45, 2.75) is 26.1 Å². The third-order valence-corrected chi connectivity index (χ3v) is 3.97. The SMILES string of the molecule is Cn1cc(CN2CCc3c(c(COCC#N)nn3C)C2)cn1. The summed E-state index contributed by atoms with van der Waals surface area (Å²) in [5.41, 5.74) is 4.69. The first-order chi connectivity index (χ1) is 10.7. The molecule has 0 spiro atoms. The van der Waals surface area contributed by atoms with Crippen LogP contribution < -0.4 is 0 Å². The highest BCUT2D eigenvalue weighted by atomic mass is 16.5. The quantitative estimate of drug-likeness (QED) is 0.762. The fourth-order valence-corrected chi connectivity index (χ4v) is 2.98. The van der Waals surface area contributed by atoms with E-state index in [1.807, 2.05) is 35.7 Å². The zero-order valence-electron chi connectivity index (χ0n) is 13.0. The molecule has 0 unspecified atom stereocenters. The highest BCUT2D eigenvalue weighted by Gasteiger charge is 2.24. The van der Waals surface area contributed by atoms with E-state index in [0.717, 1.165) is 31.7 Å². The first-order valence-corrected chi connectivity index (χ1v) is 7.35. The highest BCUT2D eigenvalue weighted by molar-refractivity contribution is 5.28. The van der Waals surface area contributed by atoms with E-state index in [-0.39, 0.29) is 6.61 Å². The number of nitriles is 1. The molecule has 0 saturated carbocycles. The molecule has 7 heteroatoms. The number of nitrogens with zero attached hydrogens (tertiary/aromatic N) is 6. The Labute approximate surface area is 129 Å². The standard InChI is InChI=1S/C15H20N6O/c1-19-8-12(7-17-19)9-21-5-3-15-13(10-21)14(18-20(15)2)11-22-6-4-16/h7-8H,3,5-6,9-11H2,1-2H3. The molecule has 0 fully saturated rings. The molecule has 0 aliphatic carbocycles. The predicted molar refractivity (Wildman–Crippen MR) is 79.5 cm³/mol. The molecule has 0 saturated heterocycles. The molecule has 116 valence electrons. The van der Waals surface area contributed by atoms with Crippen molar-refractivity contribution >= 4 is 0 Å². The summed E-state index contributed by atoms with van der Waals surface area (Å²) in [5.74, 6) is 0. The van der Waals surface area contributed by atoms with Crippen LogP contribution in [0.25, 0.3) is 0 Å². The molecule has 7 nitrogen and oxygen atoms in total. The third-order valence-electron chi connectivity index (χ3n) is 3.97. The molecule has 0 radical (unpaired) electrons. The van der Waals surface area contributed by atoms with E-state index in [1.165, 1.54) is 16.8 Å². The zero-order chi connectivity index (χ0) is 15.5. The average molecular weight is 300 g/mol. The Balaban J connectivity index is 1.72. The number of rotatable bonds is 5. The molecule has 0 aromatic carbocycles. The predicted octanol–water partition coefficient (Wildman–Crippen LogP) is 0.752. The van der Waals surface area contributed by atoms with Crippen LogP contribution in [0.15, 0.2) is 12.4 Å². The second-order valence-corrected chi connectivity index (χ2v) is 5.63. The van der Waals surface area contributed by atoms with Crippen LogP contribution in [0.4, 0.5) is 0 Å². The monoisotopic (exact) mass is 300 g/mol. The van der Waals surface area contributed by atoms with Crippen molar-refractivity contribution in [3.8, 4) is 6.07 Å². The van der Waals surface area contributed by atoms with Crippen LogP contribution in [0.2, 0.25) is 0 Å². The Morgan fingerprint density at radius 1 is 1.41 bits per heavy atom. The molecule has 0 amide bonds. The second kappa shape index (κ2) is 6.30. The topological polar surface area (TPSA) is 71.9 Å². The van der Waals surface area contributed by atoms with Gasteiger partial charge in [-0.1, -0.05) is 0 Å². The number of fused-ring (bicyclic) bond motifs is 1. The molecule has 1 aliphatic heterocycles. The van der Waals surface area contributed by atoms with E-state index >= 15 is 0 Å². The average Bonchev–Trinajstić information content (AvgIpc) is 3.04. The second-order valence-electron chi connectivity index (χ2n) is 5.63. The molecular formula is C15H20N6O. The van der Waals surface area contributed by atoms with Gasteiger partial charge in [0.1, 0.15) is 6.61 Å². The van der Waals surface area contributed by atoms with Crippen LogP contribution in [0.5, 0.6) is 0 Å². The van der Waals surface area contributed by atoms with Gasteiger partial charge in [0.15, 0.2) is 0 Å². The van der Waals surface area contributed by atoms with Gasteiger partial charge >= 0.3 is 0 Å². The number of hydrogen-bond acceptors (Lipinski definition) is 5. The molecule has 3 heterocycles. The fraction of sp³-hybridized carbons (Fsp3) is 0.533. The van der Waals surface area contributed by atoms with Gasteiger partial charge in [0, 0.05) is 63.2 Å². The van der Waals surface area contributed by atoms with E-state index in [9.17, 15) is 0 Å². The summed E-state index contributed by atoms with van der Waals surface area (Å²) in [6.07, 6.45) is 4.95. The van der Waals surface area contributed by atoms with E-state index in [4.69, 9.17) is 10.00 Å². The van der Waals surface area contributed by atoms with Crippen LogP contribution in [0.3, 0.4) is 0 Å². The molecule has 2 aromatic heterocycles. The smallest absolute Gasteiger partial charge is 0.134 e. The lowest BCUT2D eigenvalue weighted by molar-refractivity contribution is 0.146. The molecule has 1 aliphatic rings. The van der Waals surface area contributed by atoms with Crippen LogP contribution in [0.1, 0.15) is 22.5 Å². The lowest BCUT2D eigenvalue weighted by atomic mass is 10.0. The molecule has 0 bridgehead atoms. The van der Waals surface area contributed by atoms with Crippen molar-refractivity contribution in [2.75, 3.05) is 13.2 Å². The Bertz CT molecular complexity index is 695. The minimum atomic E-state index is 0.102.